The van der Waals surface area contributed by atoms with Crippen molar-refractivity contribution >= 4 is 11.3 Å². The predicted octanol–water partition coefficient (Wildman–Crippen LogP) is 2.25. The van der Waals surface area contributed by atoms with Gasteiger partial charge < -0.3 is 10.3 Å². The smallest absolute Gasteiger partial charge is 0.227 e. The molecule has 0 radical (unpaired) electrons. The molecule has 90 valence electrons. The first-order valence-corrected chi connectivity index (χ1v) is 6.84. The van der Waals surface area contributed by atoms with E-state index in [2.05, 4.69) is 27.0 Å². The lowest BCUT2D eigenvalue weighted by Crippen LogP contribution is -2.44. The van der Waals surface area contributed by atoms with Crippen LogP contribution in [-0.2, 0) is 18.4 Å². The molecule has 5 heteroatoms. The SMILES string of the molecule is NC1(c2noc(CCc3ccsc3)n2)CCC1. The van der Waals surface area contributed by atoms with Crippen LogP contribution in [0.15, 0.2) is 21.3 Å². The summed E-state index contributed by atoms with van der Waals surface area (Å²) >= 11 is 1.71. The highest BCUT2D eigenvalue weighted by Crippen LogP contribution is 2.36. The number of rotatable bonds is 4. The third-order valence-electron chi connectivity index (χ3n) is 3.37. The minimum Gasteiger partial charge on any atom is -0.339 e. The van der Waals surface area contributed by atoms with Gasteiger partial charge in [0, 0.05) is 6.42 Å². The minimum atomic E-state index is -0.315. The van der Waals surface area contributed by atoms with Crippen LogP contribution in [0.25, 0.3) is 0 Å². The van der Waals surface area contributed by atoms with Crippen LogP contribution in [0, 0.1) is 0 Å². The Morgan fingerprint density at radius 2 is 2.29 bits per heavy atom. The van der Waals surface area contributed by atoms with Crippen molar-refractivity contribution < 1.29 is 4.52 Å². The lowest BCUT2D eigenvalue weighted by atomic mass is 9.77. The Bertz CT molecular complexity index is 488. The quantitative estimate of drug-likeness (QED) is 0.902. The summed E-state index contributed by atoms with van der Waals surface area (Å²) in [6, 6.07) is 2.12. The van der Waals surface area contributed by atoms with Gasteiger partial charge in [-0.05, 0) is 48.1 Å². The maximum absolute atomic E-state index is 6.14. The predicted molar refractivity (Wildman–Crippen MR) is 65.7 cm³/mol. The topological polar surface area (TPSA) is 64.9 Å². The van der Waals surface area contributed by atoms with Crippen LogP contribution in [-0.4, -0.2) is 10.1 Å². The Kier molecular flexibility index (Phi) is 2.72. The maximum atomic E-state index is 6.14. The van der Waals surface area contributed by atoms with Gasteiger partial charge in [-0.15, -0.1) is 0 Å². The Hall–Kier alpha value is -1.20. The van der Waals surface area contributed by atoms with E-state index in [1.54, 1.807) is 11.3 Å². The van der Waals surface area contributed by atoms with E-state index < -0.39 is 0 Å². The van der Waals surface area contributed by atoms with Gasteiger partial charge in [-0.3, -0.25) is 0 Å². The molecule has 0 unspecified atom stereocenters. The molecule has 0 bridgehead atoms. The number of nitrogens with two attached hydrogens (primary N) is 1. The van der Waals surface area contributed by atoms with Crippen LogP contribution in [0.1, 0.15) is 36.5 Å². The van der Waals surface area contributed by atoms with Crippen molar-refractivity contribution in [1.82, 2.24) is 10.1 Å². The first-order chi connectivity index (χ1) is 8.26. The fourth-order valence-electron chi connectivity index (χ4n) is 2.03. The number of thiophene rings is 1. The van der Waals surface area contributed by atoms with E-state index in [1.807, 2.05) is 0 Å². The molecule has 17 heavy (non-hydrogen) atoms. The summed E-state index contributed by atoms with van der Waals surface area (Å²) < 4.78 is 5.25. The lowest BCUT2D eigenvalue weighted by Gasteiger charge is -2.34. The number of aromatic nitrogens is 2. The van der Waals surface area contributed by atoms with Gasteiger partial charge in [-0.2, -0.15) is 16.3 Å². The Balaban J connectivity index is 1.64. The van der Waals surface area contributed by atoms with Gasteiger partial charge in [0.2, 0.25) is 5.89 Å². The molecular formula is C12H15N3OS. The molecule has 0 amide bonds. The molecule has 1 aliphatic carbocycles. The van der Waals surface area contributed by atoms with E-state index in [9.17, 15) is 0 Å². The minimum absolute atomic E-state index is 0.315. The van der Waals surface area contributed by atoms with Gasteiger partial charge >= 0.3 is 0 Å². The van der Waals surface area contributed by atoms with E-state index in [-0.39, 0.29) is 5.54 Å². The van der Waals surface area contributed by atoms with Crippen molar-refractivity contribution in [3.8, 4) is 0 Å². The average Bonchev–Trinajstić information content (AvgIpc) is 2.94. The third kappa shape index (κ3) is 2.12. The molecule has 0 spiro atoms. The summed E-state index contributed by atoms with van der Waals surface area (Å²) in [4.78, 5) is 4.40. The van der Waals surface area contributed by atoms with Gasteiger partial charge in [-0.1, -0.05) is 5.16 Å². The largest absolute Gasteiger partial charge is 0.339 e. The monoisotopic (exact) mass is 249 g/mol. The van der Waals surface area contributed by atoms with Crippen molar-refractivity contribution in [3.05, 3.63) is 34.1 Å². The second kappa shape index (κ2) is 4.23. The van der Waals surface area contributed by atoms with E-state index in [4.69, 9.17) is 10.3 Å². The molecule has 0 aromatic carbocycles. The Morgan fingerprint density at radius 1 is 1.41 bits per heavy atom. The van der Waals surface area contributed by atoms with Crippen LogP contribution in [0.5, 0.6) is 0 Å². The zero-order valence-corrected chi connectivity index (χ0v) is 10.4. The zero-order chi connectivity index (χ0) is 11.7. The lowest BCUT2D eigenvalue weighted by molar-refractivity contribution is 0.229. The molecular weight excluding hydrogens is 234 g/mol. The second-order valence-corrected chi connectivity index (χ2v) is 5.43. The van der Waals surface area contributed by atoms with Gasteiger partial charge in [0.1, 0.15) is 0 Å². The summed E-state index contributed by atoms with van der Waals surface area (Å²) in [5, 5.41) is 8.23. The van der Waals surface area contributed by atoms with Crippen LogP contribution in [0.4, 0.5) is 0 Å². The van der Waals surface area contributed by atoms with Crippen molar-refractivity contribution in [1.29, 1.82) is 0 Å². The zero-order valence-electron chi connectivity index (χ0n) is 9.56. The second-order valence-electron chi connectivity index (χ2n) is 4.65. The fraction of sp³-hybridized carbons (Fsp3) is 0.500. The summed E-state index contributed by atoms with van der Waals surface area (Å²) in [7, 11) is 0. The van der Waals surface area contributed by atoms with Gasteiger partial charge in [0.15, 0.2) is 5.82 Å². The highest BCUT2D eigenvalue weighted by Gasteiger charge is 2.38. The molecule has 1 fully saturated rings. The fourth-order valence-corrected chi connectivity index (χ4v) is 2.73. The number of aryl methyl sites for hydroxylation is 2. The number of nitrogens with zero attached hydrogens (tertiary/aromatic N) is 2. The molecule has 2 aromatic rings. The molecule has 2 aromatic heterocycles. The van der Waals surface area contributed by atoms with Crippen molar-refractivity contribution in [2.45, 2.75) is 37.6 Å². The Morgan fingerprint density at radius 3 is 2.94 bits per heavy atom. The third-order valence-corrected chi connectivity index (χ3v) is 4.10. The standard InChI is InChI=1S/C12H15N3OS/c13-12(5-1-6-12)11-14-10(16-15-11)3-2-9-4-7-17-8-9/h4,7-8H,1-3,5-6,13H2. The van der Waals surface area contributed by atoms with Crippen LogP contribution in [0.3, 0.4) is 0 Å². The van der Waals surface area contributed by atoms with E-state index in [0.717, 1.165) is 32.1 Å². The van der Waals surface area contributed by atoms with Crippen molar-refractivity contribution in [2.24, 2.45) is 5.73 Å². The normalized spacial score (nSPS) is 17.9. The van der Waals surface area contributed by atoms with Crippen LogP contribution in [0.2, 0.25) is 0 Å². The van der Waals surface area contributed by atoms with Crippen LogP contribution < -0.4 is 5.73 Å². The van der Waals surface area contributed by atoms with Crippen LogP contribution >= 0.6 is 11.3 Å². The first-order valence-electron chi connectivity index (χ1n) is 5.89. The average molecular weight is 249 g/mol. The molecule has 3 rings (SSSR count). The van der Waals surface area contributed by atoms with Gasteiger partial charge in [0.25, 0.3) is 0 Å². The molecule has 1 aliphatic rings. The molecule has 2 heterocycles. The molecule has 4 nitrogen and oxygen atoms in total. The first kappa shape index (κ1) is 10.9. The molecule has 1 saturated carbocycles. The highest BCUT2D eigenvalue weighted by molar-refractivity contribution is 7.07. The summed E-state index contributed by atoms with van der Waals surface area (Å²) in [6.07, 6.45) is 4.84. The maximum Gasteiger partial charge on any atom is 0.227 e. The van der Waals surface area contributed by atoms with E-state index in [1.165, 1.54) is 5.56 Å². The summed E-state index contributed by atoms with van der Waals surface area (Å²) in [5.74, 6) is 1.38. The van der Waals surface area contributed by atoms with Gasteiger partial charge in [-0.25, -0.2) is 0 Å². The molecule has 2 N–H and O–H groups in total. The summed E-state index contributed by atoms with van der Waals surface area (Å²) in [6.45, 7) is 0. The number of hydrogen-bond donors (Lipinski definition) is 1. The molecule has 0 atom stereocenters. The van der Waals surface area contributed by atoms with Gasteiger partial charge in [0.05, 0.1) is 5.54 Å². The number of hydrogen-bond acceptors (Lipinski definition) is 5. The molecule has 0 saturated heterocycles. The van der Waals surface area contributed by atoms with Crippen molar-refractivity contribution in [3.63, 3.8) is 0 Å². The molecule has 0 aliphatic heterocycles. The van der Waals surface area contributed by atoms with E-state index >= 15 is 0 Å². The van der Waals surface area contributed by atoms with E-state index in [0.29, 0.717) is 11.7 Å². The van der Waals surface area contributed by atoms with Crippen molar-refractivity contribution in [2.75, 3.05) is 0 Å². The Labute approximate surface area is 104 Å². The summed E-state index contributed by atoms with van der Waals surface area (Å²) in [5.41, 5.74) is 7.15. The highest BCUT2D eigenvalue weighted by atomic mass is 32.1.